The van der Waals surface area contributed by atoms with Gasteiger partial charge in [0.05, 0.1) is 15.2 Å². The van der Waals surface area contributed by atoms with E-state index in [4.69, 9.17) is 11.6 Å². The Balaban J connectivity index is 2.02. The van der Waals surface area contributed by atoms with Crippen LogP contribution in [0.3, 0.4) is 0 Å². The second-order valence-electron chi connectivity index (χ2n) is 6.52. The SMILES string of the molecule is CC(C)N(C)S(=O)(=O)c1cc(-c2nc(-c3ccc(Br)c(F)c3)c[nH]2)ccc1Cl. The molecule has 0 saturated carbocycles. The van der Waals surface area contributed by atoms with Gasteiger partial charge in [0.1, 0.15) is 16.5 Å². The summed E-state index contributed by atoms with van der Waals surface area (Å²) in [4.78, 5) is 7.48. The highest BCUT2D eigenvalue weighted by atomic mass is 79.9. The third-order valence-corrected chi connectivity index (χ3v) is 7.54. The first-order chi connectivity index (χ1) is 13.1. The van der Waals surface area contributed by atoms with E-state index in [1.807, 2.05) is 0 Å². The molecule has 5 nitrogen and oxygen atoms in total. The fourth-order valence-electron chi connectivity index (χ4n) is 2.55. The van der Waals surface area contributed by atoms with Crippen molar-refractivity contribution in [2.24, 2.45) is 0 Å². The summed E-state index contributed by atoms with van der Waals surface area (Å²) in [5, 5.41) is 0.137. The van der Waals surface area contributed by atoms with Crippen molar-refractivity contribution < 1.29 is 12.8 Å². The Kier molecular flexibility index (Phi) is 5.95. The van der Waals surface area contributed by atoms with Crippen molar-refractivity contribution in [2.45, 2.75) is 24.8 Å². The maximum atomic E-state index is 13.8. The number of nitrogens with zero attached hydrogens (tertiary/aromatic N) is 2. The second-order valence-corrected chi connectivity index (χ2v) is 9.75. The van der Waals surface area contributed by atoms with Crippen molar-refractivity contribution in [1.82, 2.24) is 14.3 Å². The summed E-state index contributed by atoms with van der Waals surface area (Å²) in [7, 11) is -2.24. The molecule has 0 radical (unpaired) electrons. The van der Waals surface area contributed by atoms with Gasteiger partial charge in [-0.05, 0) is 60.1 Å². The molecule has 0 amide bonds. The number of hydrogen-bond acceptors (Lipinski definition) is 3. The van der Waals surface area contributed by atoms with Crippen molar-refractivity contribution in [1.29, 1.82) is 0 Å². The van der Waals surface area contributed by atoms with Crippen LogP contribution in [0.5, 0.6) is 0 Å². The van der Waals surface area contributed by atoms with Gasteiger partial charge in [-0.3, -0.25) is 0 Å². The van der Waals surface area contributed by atoms with E-state index in [1.165, 1.54) is 29.6 Å². The van der Waals surface area contributed by atoms with Crippen LogP contribution in [0.15, 0.2) is 52.0 Å². The number of sulfonamides is 1. The molecular formula is C19H18BrClFN3O2S. The zero-order chi connectivity index (χ0) is 20.6. The van der Waals surface area contributed by atoms with Gasteiger partial charge in [0, 0.05) is 30.4 Å². The zero-order valence-corrected chi connectivity index (χ0v) is 18.5. The van der Waals surface area contributed by atoms with Crippen LogP contribution in [0.1, 0.15) is 13.8 Å². The fraction of sp³-hybridized carbons (Fsp3) is 0.211. The Morgan fingerprint density at radius 1 is 1.18 bits per heavy atom. The molecule has 0 spiro atoms. The predicted octanol–water partition coefficient (Wildman–Crippen LogP) is 5.33. The van der Waals surface area contributed by atoms with Gasteiger partial charge in [0.15, 0.2) is 0 Å². The van der Waals surface area contributed by atoms with E-state index in [2.05, 4.69) is 25.9 Å². The maximum absolute atomic E-state index is 13.8. The average Bonchev–Trinajstić information content (AvgIpc) is 3.13. The monoisotopic (exact) mass is 485 g/mol. The Bertz CT molecular complexity index is 1130. The lowest BCUT2D eigenvalue weighted by atomic mass is 10.2. The van der Waals surface area contributed by atoms with Gasteiger partial charge >= 0.3 is 0 Å². The minimum absolute atomic E-state index is 0.00972. The molecule has 3 rings (SSSR count). The number of nitrogens with one attached hydrogen (secondary N) is 1. The number of halogens is 3. The molecule has 1 aromatic heterocycles. The lowest BCUT2D eigenvalue weighted by molar-refractivity contribution is 0.410. The molecule has 0 atom stereocenters. The van der Waals surface area contributed by atoms with E-state index in [1.54, 1.807) is 38.2 Å². The third kappa shape index (κ3) is 4.00. The van der Waals surface area contributed by atoms with Gasteiger partial charge in [0.25, 0.3) is 0 Å². The topological polar surface area (TPSA) is 66.1 Å². The first-order valence-corrected chi connectivity index (χ1v) is 11.0. The van der Waals surface area contributed by atoms with Crippen molar-refractivity contribution >= 4 is 37.6 Å². The second kappa shape index (κ2) is 7.94. The molecule has 0 aliphatic carbocycles. The van der Waals surface area contributed by atoms with E-state index in [-0.39, 0.29) is 16.0 Å². The van der Waals surface area contributed by atoms with Crippen LogP contribution in [0.4, 0.5) is 4.39 Å². The number of rotatable bonds is 5. The number of aromatic nitrogens is 2. The van der Waals surface area contributed by atoms with E-state index in [0.29, 0.717) is 27.1 Å². The number of hydrogen-bond donors (Lipinski definition) is 1. The molecule has 0 aliphatic heterocycles. The van der Waals surface area contributed by atoms with Gasteiger partial charge in [0.2, 0.25) is 10.0 Å². The molecule has 0 aliphatic rings. The number of H-pyrrole nitrogens is 1. The first kappa shape index (κ1) is 21.0. The Morgan fingerprint density at radius 2 is 1.86 bits per heavy atom. The predicted molar refractivity (Wildman–Crippen MR) is 112 cm³/mol. The number of aromatic amines is 1. The van der Waals surface area contributed by atoms with Crippen LogP contribution in [-0.4, -0.2) is 35.8 Å². The van der Waals surface area contributed by atoms with E-state index in [9.17, 15) is 12.8 Å². The summed E-state index contributed by atoms with van der Waals surface area (Å²) in [6.07, 6.45) is 1.64. The summed E-state index contributed by atoms with van der Waals surface area (Å²) in [5.41, 5.74) is 1.70. The highest BCUT2D eigenvalue weighted by molar-refractivity contribution is 9.10. The molecule has 3 aromatic rings. The third-order valence-electron chi connectivity index (χ3n) is 4.38. The smallest absolute Gasteiger partial charge is 0.244 e. The Labute approximate surface area is 176 Å². The summed E-state index contributed by atoms with van der Waals surface area (Å²) in [6, 6.07) is 9.20. The van der Waals surface area contributed by atoms with Crippen molar-refractivity contribution in [3.05, 3.63) is 57.9 Å². The van der Waals surface area contributed by atoms with Gasteiger partial charge in [-0.25, -0.2) is 17.8 Å². The molecule has 0 fully saturated rings. The molecule has 1 N–H and O–H groups in total. The average molecular weight is 487 g/mol. The van der Waals surface area contributed by atoms with E-state index >= 15 is 0 Å². The summed E-state index contributed by atoms with van der Waals surface area (Å²) in [6.45, 7) is 3.57. The highest BCUT2D eigenvalue weighted by Crippen LogP contribution is 2.31. The normalized spacial score (nSPS) is 12.1. The molecule has 0 bridgehead atoms. The summed E-state index contributed by atoms with van der Waals surface area (Å²) >= 11 is 9.29. The van der Waals surface area contributed by atoms with Crippen LogP contribution in [0.25, 0.3) is 22.6 Å². The van der Waals surface area contributed by atoms with Crippen LogP contribution >= 0.6 is 27.5 Å². The van der Waals surface area contributed by atoms with Crippen LogP contribution in [0, 0.1) is 5.82 Å². The molecule has 0 unspecified atom stereocenters. The molecular weight excluding hydrogens is 469 g/mol. The lowest BCUT2D eigenvalue weighted by Crippen LogP contribution is -2.33. The largest absolute Gasteiger partial charge is 0.344 e. The summed E-state index contributed by atoms with van der Waals surface area (Å²) < 4.78 is 41.1. The van der Waals surface area contributed by atoms with Gasteiger partial charge in [-0.2, -0.15) is 4.31 Å². The Hall–Kier alpha value is -1.74. The standard InChI is InChI=1S/C19H18BrClFN3O2S/c1-11(2)25(3)28(26,27)18-9-13(5-7-15(18)21)19-23-10-17(24-19)12-4-6-14(20)16(22)8-12/h4-11H,1-3H3,(H,23,24). The molecule has 28 heavy (non-hydrogen) atoms. The zero-order valence-electron chi connectivity index (χ0n) is 15.4. The summed E-state index contributed by atoms with van der Waals surface area (Å²) in [5.74, 6) is 0.0669. The molecule has 1 heterocycles. The first-order valence-electron chi connectivity index (χ1n) is 8.40. The minimum Gasteiger partial charge on any atom is -0.344 e. The molecule has 2 aromatic carbocycles. The molecule has 0 saturated heterocycles. The lowest BCUT2D eigenvalue weighted by Gasteiger charge is -2.21. The van der Waals surface area contributed by atoms with Crippen LogP contribution in [-0.2, 0) is 10.0 Å². The Morgan fingerprint density at radius 3 is 2.50 bits per heavy atom. The van der Waals surface area contributed by atoms with Crippen LogP contribution in [0.2, 0.25) is 5.02 Å². The van der Waals surface area contributed by atoms with Gasteiger partial charge in [-0.1, -0.05) is 17.7 Å². The van der Waals surface area contributed by atoms with Crippen molar-refractivity contribution in [3.8, 4) is 22.6 Å². The fourth-order valence-corrected chi connectivity index (χ4v) is 4.67. The molecule has 9 heteroatoms. The quantitative estimate of drug-likeness (QED) is 0.530. The van der Waals surface area contributed by atoms with Gasteiger partial charge in [-0.15, -0.1) is 0 Å². The number of imidazole rings is 1. The number of benzene rings is 2. The molecule has 148 valence electrons. The van der Waals surface area contributed by atoms with E-state index < -0.39 is 15.8 Å². The van der Waals surface area contributed by atoms with Gasteiger partial charge < -0.3 is 4.98 Å². The maximum Gasteiger partial charge on any atom is 0.244 e. The van der Waals surface area contributed by atoms with Crippen molar-refractivity contribution in [3.63, 3.8) is 0 Å². The highest BCUT2D eigenvalue weighted by Gasteiger charge is 2.26. The van der Waals surface area contributed by atoms with Crippen LogP contribution < -0.4 is 0 Å². The van der Waals surface area contributed by atoms with Crippen molar-refractivity contribution in [2.75, 3.05) is 7.05 Å². The minimum atomic E-state index is -3.75. The van der Waals surface area contributed by atoms with E-state index in [0.717, 1.165) is 0 Å².